The van der Waals surface area contributed by atoms with E-state index in [4.69, 9.17) is 4.42 Å². The lowest BCUT2D eigenvalue weighted by Gasteiger charge is -1.92. The van der Waals surface area contributed by atoms with Crippen molar-refractivity contribution in [2.24, 2.45) is 0 Å². The number of Topliss-reactive ketones (excluding diaryl/α,β-unsaturated/α-hetero) is 1. The third kappa shape index (κ3) is 1.93. The third-order valence-electron chi connectivity index (χ3n) is 1.98. The van der Waals surface area contributed by atoms with Crippen LogP contribution in [0.1, 0.15) is 24.0 Å². The number of rotatable bonds is 3. The fourth-order valence-electron chi connectivity index (χ4n) is 1.18. The second-order valence-corrected chi connectivity index (χ2v) is 3.02. The molecule has 0 N–H and O–H groups in total. The number of ketones is 1. The van der Waals surface area contributed by atoms with Crippen LogP contribution in [0.2, 0.25) is 0 Å². The maximum absolute atomic E-state index is 11.3. The maximum atomic E-state index is 11.3. The Morgan fingerprint density at radius 2 is 2.27 bits per heavy atom. The molecule has 0 atom stereocenters. The zero-order valence-corrected chi connectivity index (χ0v) is 8.30. The Bertz CT molecular complexity index is 462. The van der Waals surface area contributed by atoms with E-state index in [9.17, 15) is 4.79 Å². The number of hydrogen-bond donors (Lipinski definition) is 0. The van der Waals surface area contributed by atoms with E-state index < -0.39 is 0 Å². The summed E-state index contributed by atoms with van der Waals surface area (Å²) in [6, 6.07) is 5.48. The normalized spacial score (nSPS) is 10.2. The zero-order valence-electron chi connectivity index (χ0n) is 8.30. The van der Waals surface area contributed by atoms with Crippen molar-refractivity contribution in [3.63, 3.8) is 0 Å². The van der Waals surface area contributed by atoms with E-state index in [2.05, 4.69) is 9.97 Å². The van der Waals surface area contributed by atoms with Gasteiger partial charge in [0.1, 0.15) is 5.69 Å². The molecule has 0 aliphatic rings. The van der Waals surface area contributed by atoms with Crippen LogP contribution >= 0.6 is 0 Å². The van der Waals surface area contributed by atoms with E-state index in [0.29, 0.717) is 17.9 Å². The van der Waals surface area contributed by atoms with E-state index in [-0.39, 0.29) is 11.7 Å². The van der Waals surface area contributed by atoms with Gasteiger partial charge in [0.25, 0.3) is 5.89 Å². The monoisotopic (exact) mass is 202 g/mol. The van der Waals surface area contributed by atoms with E-state index in [1.807, 2.05) is 12.1 Å². The minimum atomic E-state index is -0.0998. The molecular weight excluding hydrogens is 192 g/mol. The molecule has 0 saturated heterocycles. The molecule has 0 amide bonds. The Morgan fingerprint density at radius 1 is 1.40 bits per heavy atom. The molecule has 0 aliphatic carbocycles. The summed E-state index contributed by atoms with van der Waals surface area (Å²) < 4.78 is 5.30. The molecule has 0 spiro atoms. The van der Waals surface area contributed by atoms with Crippen LogP contribution in [0.5, 0.6) is 0 Å². The molecule has 2 aromatic rings. The number of carbonyl (C=O) groups excluding carboxylic acids is 1. The molecule has 0 radical (unpaired) electrons. The van der Waals surface area contributed by atoms with Crippen LogP contribution in [0, 0.1) is 0 Å². The van der Waals surface area contributed by atoms with Crippen LogP contribution in [-0.4, -0.2) is 15.8 Å². The maximum Gasteiger partial charge on any atom is 0.263 e. The SMILES string of the molecule is CCC(=O)c1ncc(-c2ccccn2)o1. The largest absolute Gasteiger partial charge is 0.432 e. The van der Waals surface area contributed by atoms with Crippen molar-refractivity contribution in [2.45, 2.75) is 13.3 Å². The lowest BCUT2D eigenvalue weighted by atomic mass is 10.3. The Balaban J connectivity index is 2.32. The van der Waals surface area contributed by atoms with Gasteiger partial charge in [-0.25, -0.2) is 4.98 Å². The lowest BCUT2D eigenvalue weighted by Crippen LogP contribution is -1.95. The second-order valence-electron chi connectivity index (χ2n) is 3.02. The van der Waals surface area contributed by atoms with Crippen LogP contribution in [0.25, 0.3) is 11.5 Å². The molecule has 2 rings (SSSR count). The van der Waals surface area contributed by atoms with Gasteiger partial charge in [0.2, 0.25) is 5.78 Å². The predicted octanol–water partition coefficient (Wildman–Crippen LogP) is 2.33. The number of hydrogen-bond acceptors (Lipinski definition) is 4. The first kappa shape index (κ1) is 9.58. The van der Waals surface area contributed by atoms with Crippen molar-refractivity contribution in [2.75, 3.05) is 0 Å². The summed E-state index contributed by atoms with van der Waals surface area (Å²) in [5.74, 6) is 0.572. The van der Waals surface area contributed by atoms with Crippen molar-refractivity contribution in [3.05, 3.63) is 36.5 Å². The number of pyridine rings is 1. The number of aromatic nitrogens is 2. The first-order valence-electron chi connectivity index (χ1n) is 4.71. The molecule has 2 aromatic heterocycles. The van der Waals surface area contributed by atoms with Gasteiger partial charge in [-0.05, 0) is 12.1 Å². The molecule has 0 aliphatic heterocycles. The molecule has 0 aromatic carbocycles. The molecule has 0 bridgehead atoms. The van der Waals surface area contributed by atoms with Crippen molar-refractivity contribution in [1.82, 2.24) is 9.97 Å². The molecule has 76 valence electrons. The van der Waals surface area contributed by atoms with Gasteiger partial charge in [0.15, 0.2) is 5.76 Å². The van der Waals surface area contributed by atoms with Gasteiger partial charge < -0.3 is 4.42 Å². The van der Waals surface area contributed by atoms with Gasteiger partial charge >= 0.3 is 0 Å². The van der Waals surface area contributed by atoms with Crippen molar-refractivity contribution >= 4 is 5.78 Å². The molecule has 15 heavy (non-hydrogen) atoms. The average molecular weight is 202 g/mol. The topological polar surface area (TPSA) is 56.0 Å². The summed E-state index contributed by atoms with van der Waals surface area (Å²) in [4.78, 5) is 19.3. The molecule has 0 unspecified atom stereocenters. The van der Waals surface area contributed by atoms with Crippen molar-refractivity contribution in [1.29, 1.82) is 0 Å². The van der Waals surface area contributed by atoms with Crippen LogP contribution in [0.3, 0.4) is 0 Å². The average Bonchev–Trinajstić information content (AvgIpc) is 2.78. The summed E-state index contributed by atoms with van der Waals surface area (Å²) >= 11 is 0. The molecule has 4 nitrogen and oxygen atoms in total. The van der Waals surface area contributed by atoms with Crippen LogP contribution in [-0.2, 0) is 0 Å². The Labute approximate surface area is 87.0 Å². The molecular formula is C11H10N2O2. The van der Waals surface area contributed by atoms with Gasteiger partial charge in [-0.3, -0.25) is 9.78 Å². The standard InChI is InChI=1S/C11H10N2O2/c1-2-9(14)11-13-7-10(15-11)8-5-3-4-6-12-8/h3-7H,2H2,1H3. The Morgan fingerprint density at radius 3 is 2.93 bits per heavy atom. The number of nitrogens with zero attached hydrogens (tertiary/aromatic N) is 2. The van der Waals surface area contributed by atoms with Gasteiger partial charge in [-0.15, -0.1) is 0 Å². The van der Waals surface area contributed by atoms with E-state index in [1.54, 1.807) is 19.2 Å². The minimum absolute atomic E-state index is 0.0998. The zero-order chi connectivity index (χ0) is 10.7. The highest BCUT2D eigenvalue weighted by Gasteiger charge is 2.12. The smallest absolute Gasteiger partial charge is 0.263 e. The molecule has 0 saturated carbocycles. The highest BCUT2D eigenvalue weighted by atomic mass is 16.4. The van der Waals surface area contributed by atoms with Crippen molar-refractivity contribution in [3.8, 4) is 11.5 Å². The van der Waals surface area contributed by atoms with Gasteiger partial charge in [-0.2, -0.15) is 0 Å². The second kappa shape index (κ2) is 4.04. The highest BCUT2D eigenvalue weighted by Crippen LogP contribution is 2.17. The molecule has 2 heterocycles. The Kier molecular flexibility index (Phi) is 2.58. The van der Waals surface area contributed by atoms with Gasteiger partial charge in [0, 0.05) is 12.6 Å². The number of carbonyl (C=O) groups is 1. The predicted molar refractivity (Wildman–Crippen MR) is 54.4 cm³/mol. The van der Waals surface area contributed by atoms with Crippen LogP contribution in [0.15, 0.2) is 35.0 Å². The fourth-order valence-corrected chi connectivity index (χ4v) is 1.18. The summed E-state index contributed by atoms with van der Waals surface area (Å²) in [5, 5.41) is 0. The first-order valence-corrected chi connectivity index (χ1v) is 4.71. The van der Waals surface area contributed by atoms with Gasteiger partial charge in [0.05, 0.1) is 6.20 Å². The summed E-state index contributed by atoms with van der Waals surface area (Å²) in [6.45, 7) is 1.77. The quantitative estimate of drug-likeness (QED) is 0.717. The molecule has 4 heteroatoms. The van der Waals surface area contributed by atoms with Gasteiger partial charge in [-0.1, -0.05) is 13.0 Å². The third-order valence-corrected chi connectivity index (χ3v) is 1.98. The van der Waals surface area contributed by atoms with E-state index in [1.165, 1.54) is 6.20 Å². The highest BCUT2D eigenvalue weighted by molar-refractivity contribution is 5.91. The first-order chi connectivity index (χ1) is 7.31. The summed E-state index contributed by atoms with van der Waals surface area (Å²) in [5.41, 5.74) is 0.681. The Hall–Kier alpha value is -1.97. The summed E-state index contributed by atoms with van der Waals surface area (Å²) in [7, 11) is 0. The van der Waals surface area contributed by atoms with E-state index >= 15 is 0 Å². The fraction of sp³-hybridized carbons (Fsp3) is 0.182. The van der Waals surface area contributed by atoms with Crippen LogP contribution in [0.4, 0.5) is 0 Å². The van der Waals surface area contributed by atoms with Crippen molar-refractivity contribution < 1.29 is 9.21 Å². The van der Waals surface area contributed by atoms with Crippen LogP contribution < -0.4 is 0 Å². The van der Waals surface area contributed by atoms with E-state index in [0.717, 1.165) is 0 Å². The summed E-state index contributed by atoms with van der Waals surface area (Å²) in [6.07, 6.45) is 3.58. The minimum Gasteiger partial charge on any atom is -0.432 e. The molecule has 0 fully saturated rings. The number of oxazole rings is 1. The lowest BCUT2D eigenvalue weighted by molar-refractivity contribution is 0.0955.